The van der Waals surface area contributed by atoms with Crippen molar-refractivity contribution in [2.75, 3.05) is 20.2 Å². The van der Waals surface area contributed by atoms with Crippen LogP contribution in [-0.4, -0.2) is 42.2 Å². The Balaban J connectivity index is 4.08. The number of nitrogens with two attached hydrogens (primary N) is 1. The van der Waals surface area contributed by atoms with Gasteiger partial charge in [0.1, 0.15) is 0 Å². The molecule has 0 aliphatic rings. The van der Waals surface area contributed by atoms with Crippen molar-refractivity contribution >= 4 is 11.9 Å². The summed E-state index contributed by atoms with van der Waals surface area (Å²) < 4.78 is 4.44. The zero-order chi connectivity index (χ0) is 9.56. The number of carbonyl (C=O) groups is 1. The van der Waals surface area contributed by atoms with E-state index in [4.69, 9.17) is 10.9 Å². The molecule has 0 fully saturated rings. The lowest BCUT2D eigenvalue weighted by molar-refractivity contribution is 0.131. The molecule has 0 saturated carbocycles. The van der Waals surface area contributed by atoms with E-state index >= 15 is 0 Å². The minimum atomic E-state index is -0.496. The molecule has 6 heteroatoms. The number of nitrogens with zero attached hydrogens (tertiary/aromatic N) is 2. The van der Waals surface area contributed by atoms with E-state index in [2.05, 4.69) is 9.89 Å². The fourth-order valence-corrected chi connectivity index (χ4v) is 0.662. The van der Waals surface area contributed by atoms with Crippen LogP contribution in [0.1, 0.15) is 6.92 Å². The third-order valence-corrected chi connectivity index (χ3v) is 1.30. The Hall–Kier alpha value is -1.46. The van der Waals surface area contributed by atoms with E-state index < -0.39 is 6.09 Å². The standard InChI is InChI=1S/C6H13N3O3/c1-3-9(6(10)12-2)4-5(7)8-11/h11H,3-4H2,1-2H3,(H2,7,8). The van der Waals surface area contributed by atoms with E-state index in [0.717, 1.165) is 0 Å². The van der Waals surface area contributed by atoms with Crippen LogP contribution >= 0.6 is 0 Å². The Kier molecular flexibility index (Phi) is 4.59. The number of hydrogen-bond acceptors (Lipinski definition) is 4. The molecule has 70 valence electrons. The molecule has 3 N–H and O–H groups in total. The number of amides is 1. The topological polar surface area (TPSA) is 88.1 Å². The van der Waals surface area contributed by atoms with Gasteiger partial charge in [-0.3, -0.25) is 0 Å². The van der Waals surface area contributed by atoms with Crippen molar-refractivity contribution in [3.8, 4) is 0 Å². The highest BCUT2D eigenvalue weighted by Crippen LogP contribution is 1.91. The lowest BCUT2D eigenvalue weighted by atomic mass is 10.5. The average Bonchev–Trinajstić information content (AvgIpc) is 2.12. The summed E-state index contributed by atoms with van der Waals surface area (Å²) in [5.74, 6) is -0.0257. The van der Waals surface area contributed by atoms with Crippen molar-refractivity contribution in [1.29, 1.82) is 0 Å². The van der Waals surface area contributed by atoms with E-state index in [9.17, 15) is 4.79 Å². The highest BCUT2D eigenvalue weighted by atomic mass is 16.5. The average molecular weight is 175 g/mol. The van der Waals surface area contributed by atoms with Crippen molar-refractivity contribution in [2.45, 2.75) is 6.92 Å². The Morgan fingerprint density at radius 2 is 2.33 bits per heavy atom. The first-order chi connectivity index (χ1) is 5.65. The van der Waals surface area contributed by atoms with Crippen LogP contribution in [0.3, 0.4) is 0 Å². The summed E-state index contributed by atoms with van der Waals surface area (Å²) in [5.41, 5.74) is 5.19. The van der Waals surface area contributed by atoms with Crippen LogP contribution in [0, 0.1) is 0 Å². The summed E-state index contributed by atoms with van der Waals surface area (Å²) in [4.78, 5) is 12.2. The smallest absolute Gasteiger partial charge is 0.409 e. The van der Waals surface area contributed by atoms with Gasteiger partial charge >= 0.3 is 6.09 Å². The molecule has 0 spiro atoms. The Labute approximate surface area is 70.6 Å². The lowest BCUT2D eigenvalue weighted by Crippen LogP contribution is -2.38. The fourth-order valence-electron chi connectivity index (χ4n) is 0.662. The maximum atomic E-state index is 10.9. The lowest BCUT2D eigenvalue weighted by Gasteiger charge is -2.17. The molecule has 0 aromatic heterocycles. The third-order valence-electron chi connectivity index (χ3n) is 1.30. The van der Waals surface area contributed by atoms with Crippen LogP contribution in [0.15, 0.2) is 5.16 Å². The van der Waals surface area contributed by atoms with Gasteiger partial charge in [0, 0.05) is 6.54 Å². The highest BCUT2D eigenvalue weighted by Gasteiger charge is 2.12. The minimum absolute atomic E-state index is 0.0257. The second-order valence-corrected chi connectivity index (χ2v) is 2.08. The summed E-state index contributed by atoms with van der Waals surface area (Å²) in [6.07, 6.45) is -0.496. The molecule has 0 aromatic rings. The monoisotopic (exact) mass is 175 g/mol. The number of amidine groups is 1. The van der Waals surface area contributed by atoms with Gasteiger partial charge in [-0.25, -0.2) is 4.79 Å². The van der Waals surface area contributed by atoms with Gasteiger partial charge in [0.25, 0.3) is 0 Å². The zero-order valence-electron chi connectivity index (χ0n) is 7.15. The summed E-state index contributed by atoms with van der Waals surface area (Å²) in [7, 11) is 1.28. The molecule has 0 aliphatic carbocycles. The molecule has 0 unspecified atom stereocenters. The molecular weight excluding hydrogens is 162 g/mol. The summed E-state index contributed by atoms with van der Waals surface area (Å²) >= 11 is 0. The molecule has 0 radical (unpaired) electrons. The second-order valence-electron chi connectivity index (χ2n) is 2.08. The first kappa shape index (κ1) is 10.5. The number of ether oxygens (including phenoxy) is 1. The quantitative estimate of drug-likeness (QED) is 0.269. The second kappa shape index (κ2) is 5.22. The van der Waals surface area contributed by atoms with Gasteiger partial charge in [-0.15, -0.1) is 0 Å². The summed E-state index contributed by atoms with van der Waals surface area (Å²) in [5, 5.41) is 11.0. The molecule has 0 bridgehead atoms. The molecule has 6 nitrogen and oxygen atoms in total. The van der Waals surface area contributed by atoms with Crippen molar-refractivity contribution < 1.29 is 14.7 Å². The van der Waals surface area contributed by atoms with Gasteiger partial charge in [-0.05, 0) is 6.92 Å². The maximum absolute atomic E-state index is 10.9. The van der Waals surface area contributed by atoms with E-state index in [1.54, 1.807) is 6.92 Å². The molecular formula is C6H13N3O3. The van der Waals surface area contributed by atoms with Crippen molar-refractivity contribution in [2.24, 2.45) is 10.9 Å². The number of oxime groups is 1. The van der Waals surface area contributed by atoms with Crippen LogP contribution < -0.4 is 5.73 Å². The van der Waals surface area contributed by atoms with Crippen molar-refractivity contribution in [1.82, 2.24) is 4.90 Å². The van der Waals surface area contributed by atoms with Crippen LogP contribution in [0.25, 0.3) is 0 Å². The number of carbonyl (C=O) groups excluding carboxylic acids is 1. The third kappa shape index (κ3) is 3.09. The largest absolute Gasteiger partial charge is 0.453 e. The van der Waals surface area contributed by atoms with Crippen LogP contribution in [0.4, 0.5) is 4.79 Å². The molecule has 0 aliphatic heterocycles. The number of likely N-dealkylation sites (N-methyl/N-ethyl adjacent to an activating group) is 1. The van der Waals surface area contributed by atoms with Gasteiger partial charge in [0.2, 0.25) is 0 Å². The SMILES string of the molecule is CCN(CC(N)=NO)C(=O)OC. The van der Waals surface area contributed by atoms with Gasteiger partial charge in [-0.2, -0.15) is 0 Å². The Morgan fingerprint density at radius 3 is 2.67 bits per heavy atom. The summed E-state index contributed by atoms with van der Waals surface area (Å²) in [6.45, 7) is 2.28. The van der Waals surface area contributed by atoms with E-state index in [-0.39, 0.29) is 12.4 Å². The number of rotatable bonds is 3. The Bertz CT molecular complexity index is 181. The van der Waals surface area contributed by atoms with E-state index in [1.165, 1.54) is 12.0 Å². The predicted octanol–water partition coefficient (Wildman–Crippen LogP) is -0.179. The van der Waals surface area contributed by atoms with E-state index in [1.807, 2.05) is 0 Å². The first-order valence-electron chi connectivity index (χ1n) is 3.45. The maximum Gasteiger partial charge on any atom is 0.409 e. The van der Waals surface area contributed by atoms with Crippen LogP contribution in [0.2, 0.25) is 0 Å². The van der Waals surface area contributed by atoms with Crippen LogP contribution in [0.5, 0.6) is 0 Å². The van der Waals surface area contributed by atoms with E-state index in [0.29, 0.717) is 6.54 Å². The molecule has 1 amide bonds. The van der Waals surface area contributed by atoms with Gasteiger partial charge in [0.05, 0.1) is 13.7 Å². The molecule has 0 rings (SSSR count). The molecule has 0 saturated heterocycles. The minimum Gasteiger partial charge on any atom is -0.453 e. The predicted molar refractivity (Wildman–Crippen MR) is 43.1 cm³/mol. The first-order valence-corrected chi connectivity index (χ1v) is 3.45. The molecule has 12 heavy (non-hydrogen) atoms. The summed E-state index contributed by atoms with van der Waals surface area (Å²) in [6, 6.07) is 0. The number of methoxy groups -OCH3 is 1. The van der Waals surface area contributed by atoms with Crippen molar-refractivity contribution in [3.63, 3.8) is 0 Å². The Morgan fingerprint density at radius 1 is 1.75 bits per heavy atom. The number of hydrogen-bond donors (Lipinski definition) is 2. The van der Waals surface area contributed by atoms with Crippen LogP contribution in [-0.2, 0) is 4.74 Å². The molecule has 0 aromatic carbocycles. The van der Waals surface area contributed by atoms with Gasteiger partial charge in [-0.1, -0.05) is 5.16 Å². The fraction of sp³-hybridized carbons (Fsp3) is 0.667. The molecule has 0 heterocycles. The zero-order valence-corrected chi connectivity index (χ0v) is 7.15. The highest BCUT2D eigenvalue weighted by molar-refractivity contribution is 5.84. The molecule has 0 atom stereocenters. The van der Waals surface area contributed by atoms with Gasteiger partial charge in [0.15, 0.2) is 5.84 Å². The normalized spacial score (nSPS) is 11.0. The van der Waals surface area contributed by atoms with Gasteiger partial charge < -0.3 is 20.6 Å². The van der Waals surface area contributed by atoms with Crippen molar-refractivity contribution in [3.05, 3.63) is 0 Å².